The van der Waals surface area contributed by atoms with Crippen LogP contribution in [0.3, 0.4) is 0 Å². The van der Waals surface area contributed by atoms with E-state index in [9.17, 15) is 0 Å². The molecule has 2 saturated heterocycles. The minimum Gasteiger partial charge on any atom is -0.381 e. The van der Waals surface area contributed by atoms with Crippen LogP contribution in [0.2, 0.25) is 0 Å². The van der Waals surface area contributed by atoms with Gasteiger partial charge in [0.05, 0.1) is 6.61 Å². The van der Waals surface area contributed by atoms with Gasteiger partial charge in [-0.3, -0.25) is 0 Å². The molecule has 1 N–H and O–H groups in total. The summed E-state index contributed by atoms with van der Waals surface area (Å²) in [7, 11) is 0. The van der Waals surface area contributed by atoms with E-state index in [4.69, 9.17) is 9.26 Å². The smallest absolute Gasteiger partial charge is 0.227 e. The summed E-state index contributed by atoms with van der Waals surface area (Å²) in [5.41, 5.74) is 0. The molecule has 0 bridgehead atoms. The molecule has 0 aromatic carbocycles. The fraction of sp³-hybridized carbons (Fsp3) is 0.818. The lowest BCUT2D eigenvalue weighted by molar-refractivity contribution is 0.0773. The van der Waals surface area contributed by atoms with Crippen LogP contribution in [0.25, 0.3) is 0 Å². The van der Waals surface area contributed by atoms with E-state index in [0.717, 1.165) is 57.3 Å². The van der Waals surface area contributed by atoms with Gasteiger partial charge in [-0.15, -0.1) is 0 Å². The minimum atomic E-state index is 0.339. The highest BCUT2D eigenvalue weighted by Crippen LogP contribution is 2.23. The third-order valence-electron chi connectivity index (χ3n) is 3.34. The predicted octanol–water partition coefficient (Wildman–Crippen LogP) is 0.725. The third kappa shape index (κ3) is 2.10. The van der Waals surface area contributed by atoms with Crippen molar-refractivity contribution in [2.45, 2.75) is 25.2 Å². The molecule has 3 rings (SSSR count). The zero-order valence-corrected chi connectivity index (χ0v) is 9.32. The summed E-state index contributed by atoms with van der Waals surface area (Å²) in [6, 6.07) is 0. The summed E-state index contributed by atoms with van der Waals surface area (Å²) in [5, 5.41) is 7.31. The molecular formula is C11H17N3O2. The molecule has 2 fully saturated rings. The van der Waals surface area contributed by atoms with E-state index in [0.29, 0.717) is 11.8 Å². The maximum atomic E-state index is 5.43. The van der Waals surface area contributed by atoms with Crippen LogP contribution < -0.4 is 5.32 Å². The molecule has 1 unspecified atom stereocenters. The molecule has 5 nitrogen and oxygen atoms in total. The monoisotopic (exact) mass is 223 g/mol. The molecule has 2 aliphatic heterocycles. The molecule has 0 radical (unpaired) electrons. The van der Waals surface area contributed by atoms with E-state index in [2.05, 4.69) is 15.5 Å². The van der Waals surface area contributed by atoms with Gasteiger partial charge in [-0.1, -0.05) is 5.16 Å². The Balaban J connectivity index is 1.61. The van der Waals surface area contributed by atoms with Gasteiger partial charge < -0.3 is 14.6 Å². The van der Waals surface area contributed by atoms with Crippen LogP contribution >= 0.6 is 0 Å². The maximum absolute atomic E-state index is 5.43. The van der Waals surface area contributed by atoms with Crippen molar-refractivity contribution >= 4 is 0 Å². The van der Waals surface area contributed by atoms with Gasteiger partial charge in [0.25, 0.3) is 0 Å². The molecule has 16 heavy (non-hydrogen) atoms. The highest BCUT2D eigenvalue weighted by atomic mass is 16.5. The molecular weight excluding hydrogens is 206 g/mol. The number of hydrogen-bond donors (Lipinski definition) is 1. The van der Waals surface area contributed by atoms with E-state index in [1.807, 2.05) is 0 Å². The van der Waals surface area contributed by atoms with Crippen molar-refractivity contribution in [3.63, 3.8) is 0 Å². The zero-order chi connectivity index (χ0) is 10.8. The number of nitrogens with zero attached hydrogens (tertiary/aromatic N) is 2. The molecule has 88 valence electrons. The first-order chi connectivity index (χ1) is 7.92. The third-order valence-corrected chi connectivity index (χ3v) is 3.34. The van der Waals surface area contributed by atoms with Crippen molar-refractivity contribution in [2.75, 3.05) is 26.3 Å². The van der Waals surface area contributed by atoms with Gasteiger partial charge in [0.15, 0.2) is 5.82 Å². The van der Waals surface area contributed by atoms with Crippen LogP contribution in [0.5, 0.6) is 0 Å². The van der Waals surface area contributed by atoms with Gasteiger partial charge in [0.2, 0.25) is 5.89 Å². The number of rotatable bonds is 3. The van der Waals surface area contributed by atoms with E-state index in [1.54, 1.807) is 0 Å². The summed E-state index contributed by atoms with van der Waals surface area (Å²) in [5.74, 6) is 2.63. The Morgan fingerprint density at radius 3 is 3.00 bits per heavy atom. The van der Waals surface area contributed by atoms with Crippen LogP contribution in [0, 0.1) is 5.92 Å². The fourth-order valence-corrected chi connectivity index (χ4v) is 2.20. The second-order valence-electron chi connectivity index (χ2n) is 4.69. The van der Waals surface area contributed by atoms with Crippen LogP contribution in [0.1, 0.15) is 30.5 Å². The van der Waals surface area contributed by atoms with Gasteiger partial charge >= 0.3 is 0 Å². The summed E-state index contributed by atoms with van der Waals surface area (Å²) < 4.78 is 10.7. The van der Waals surface area contributed by atoms with Crippen molar-refractivity contribution in [1.29, 1.82) is 0 Å². The summed E-state index contributed by atoms with van der Waals surface area (Å²) >= 11 is 0. The minimum absolute atomic E-state index is 0.339. The predicted molar refractivity (Wildman–Crippen MR) is 57.2 cm³/mol. The van der Waals surface area contributed by atoms with Crippen LogP contribution in [-0.4, -0.2) is 36.4 Å². The van der Waals surface area contributed by atoms with Crippen LogP contribution in [0.4, 0.5) is 0 Å². The van der Waals surface area contributed by atoms with Crippen molar-refractivity contribution in [3.8, 4) is 0 Å². The number of aromatic nitrogens is 2. The molecule has 2 aliphatic rings. The molecule has 1 aromatic heterocycles. The van der Waals surface area contributed by atoms with Crippen molar-refractivity contribution in [1.82, 2.24) is 15.5 Å². The average Bonchev–Trinajstić information content (AvgIpc) is 2.73. The molecule has 5 heteroatoms. The van der Waals surface area contributed by atoms with Gasteiger partial charge in [-0.25, -0.2) is 0 Å². The lowest BCUT2D eigenvalue weighted by Gasteiger charge is -2.25. The Morgan fingerprint density at radius 2 is 2.31 bits per heavy atom. The van der Waals surface area contributed by atoms with Gasteiger partial charge in [0, 0.05) is 18.9 Å². The summed E-state index contributed by atoms with van der Waals surface area (Å²) in [4.78, 5) is 4.47. The van der Waals surface area contributed by atoms with Crippen molar-refractivity contribution < 1.29 is 9.26 Å². The standard InChI is InChI=1S/C11H17N3O2/c1-2-9(7-15-3-1)11-13-10(16-14-11)4-8-5-12-6-8/h8-9,12H,1-7H2. The topological polar surface area (TPSA) is 60.2 Å². The lowest BCUT2D eigenvalue weighted by atomic mass is 9.99. The number of hydrogen-bond acceptors (Lipinski definition) is 5. The zero-order valence-electron chi connectivity index (χ0n) is 9.32. The van der Waals surface area contributed by atoms with Crippen LogP contribution in [0.15, 0.2) is 4.52 Å². The SMILES string of the molecule is C1COCC(c2noc(CC3CNC3)n2)C1. The number of nitrogens with one attached hydrogen (secondary N) is 1. The molecule has 0 aliphatic carbocycles. The first-order valence-corrected chi connectivity index (χ1v) is 6.03. The van der Waals surface area contributed by atoms with Crippen LogP contribution in [-0.2, 0) is 11.2 Å². The van der Waals surface area contributed by atoms with Gasteiger partial charge in [0.1, 0.15) is 0 Å². The molecule has 0 saturated carbocycles. The maximum Gasteiger partial charge on any atom is 0.227 e. The first-order valence-electron chi connectivity index (χ1n) is 6.03. The quantitative estimate of drug-likeness (QED) is 0.818. The van der Waals surface area contributed by atoms with E-state index in [1.165, 1.54) is 0 Å². The Labute approximate surface area is 94.6 Å². The first kappa shape index (κ1) is 10.2. The Bertz CT molecular complexity index is 343. The Kier molecular flexibility index (Phi) is 2.88. The Morgan fingerprint density at radius 1 is 1.38 bits per heavy atom. The van der Waals surface area contributed by atoms with Crippen molar-refractivity contribution in [2.24, 2.45) is 5.92 Å². The fourth-order valence-electron chi connectivity index (χ4n) is 2.20. The second kappa shape index (κ2) is 4.51. The molecule has 0 spiro atoms. The average molecular weight is 223 g/mol. The summed E-state index contributed by atoms with van der Waals surface area (Å²) in [6.45, 7) is 3.76. The Hall–Kier alpha value is -0.940. The molecule has 1 aromatic rings. The highest BCUT2D eigenvalue weighted by molar-refractivity contribution is 4.98. The lowest BCUT2D eigenvalue weighted by Crippen LogP contribution is -2.43. The normalized spacial score (nSPS) is 26.6. The largest absolute Gasteiger partial charge is 0.381 e. The highest BCUT2D eigenvalue weighted by Gasteiger charge is 2.24. The van der Waals surface area contributed by atoms with E-state index < -0.39 is 0 Å². The van der Waals surface area contributed by atoms with Gasteiger partial charge in [-0.05, 0) is 31.8 Å². The van der Waals surface area contributed by atoms with E-state index in [-0.39, 0.29) is 0 Å². The van der Waals surface area contributed by atoms with Gasteiger partial charge in [-0.2, -0.15) is 4.98 Å². The van der Waals surface area contributed by atoms with E-state index >= 15 is 0 Å². The van der Waals surface area contributed by atoms with Crippen molar-refractivity contribution in [3.05, 3.63) is 11.7 Å². The summed E-state index contributed by atoms with van der Waals surface area (Å²) in [6.07, 6.45) is 3.12. The molecule has 3 heterocycles. The second-order valence-corrected chi connectivity index (χ2v) is 4.69. The molecule has 1 atom stereocenters. The molecule has 0 amide bonds. The number of ether oxygens (including phenoxy) is 1.